The fourth-order valence-electron chi connectivity index (χ4n) is 2.66. The lowest BCUT2D eigenvalue weighted by molar-refractivity contribution is -0.0498. The van der Waals surface area contributed by atoms with Gasteiger partial charge in [0.1, 0.15) is 5.75 Å². The van der Waals surface area contributed by atoms with Crippen LogP contribution in [0.25, 0.3) is 10.8 Å². The molecule has 3 aromatic rings. The monoisotopic (exact) mass is 341 g/mol. The molecule has 25 heavy (non-hydrogen) atoms. The Morgan fingerprint density at radius 2 is 1.68 bits per heavy atom. The zero-order chi connectivity index (χ0) is 17.8. The van der Waals surface area contributed by atoms with Crippen molar-refractivity contribution < 1.29 is 18.3 Å². The molecule has 5 heteroatoms. The van der Waals surface area contributed by atoms with Crippen LogP contribution in [0.4, 0.5) is 8.78 Å². The maximum atomic E-state index is 12.6. The predicted molar refractivity (Wildman–Crippen MR) is 92.8 cm³/mol. The number of hydrogen-bond donors (Lipinski definition) is 0. The van der Waals surface area contributed by atoms with Crippen LogP contribution in [-0.2, 0) is 6.54 Å². The molecule has 1 amide bonds. The number of fused-ring (bicyclic) bond motifs is 1. The van der Waals surface area contributed by atoms with E-state index in [0.717, 1.165) is 16.3 Å². The summed E-state index contributed by atoms with van der Waals surface area (Å²) in [6.07, 6.45) is 0. The van der Waals surface area contributed by atoms with Crippen molar-refractivity contribution in [3.8, 4) is 5.75 Å². The molecule has 0 bridgehead atoms. The standard InChI is InChI=1S/C20H17F2NO2/c1-23(13-14-6-10-18(11-7-14)25-20(21)22)19(24)17-9-8-15-4-2-3-5-16(15)12-17/h2-12,20H,13H2,1H3. The van der Waals surface area contributed by atoms with Crippen molar-refractivity contribution in [3.63, 3.8) is 0 Å². The second-order valence-electron chi connectivity index (χ2n) is 5.75. The summed E-state index contributed by atoms with van der Waals surface area (Å²) in [5, 5.41) is 2.09. The Morgan fingerprint density at radius 3 is 2.36 bits per heavy atom. The number of benzene rings is 3. The molecule has 0 unspecified atom stereocenters. The lowest BCUT2D eigenvalue weighted by Crippen LogP contribution is -2.26. The number of alkyl halides is 2. The Labute approximate surface area is 144 Å². The summed E-state index contributed by atoms with van der Waals surface area (Å²) in [4.78, 5) is 14.2. The highest BCUT2D eigenvalue weighted by Gasteiger charge is 2.13. The third kappa shape index (κ3) is 4.12. The van der Waals surface area contributed by atoms with Gasteiger partial charge < -0.3 is 9.64 Å². The molecule has 0 fully saturated rings. The van der Waals surface area contributed by atoms with E-state index >= 15 is 0 Å². The molecular weight excluding hydrogens is 324 g/mol. The number of halogens is 2. The van der Waals surface area contributed by atoms with E-state index in [1.165, 1.54) is 12.1 Å². The highest BCUT2D eigenvalue weighted by atomic mass is 19.3. The van der Waals surface area contributed by atoms with E-state index in [9.17, 15) is 13.6 Å². The molecule has 0 spiro atoms. The Bertz CT molecular complexity index is 878. The number of carbonyl (C=O) groups is 1. The van der Waals surface area contributed by atoms with Crippen LogP contribution < -0.4 is 4.74 Å². The first-order valence-corrected chi connectivity index (χ1v) is 7.81. The van der Waals surface area contributed by atoms with Crippen molar-refractivity contribution in [1.82, 2.24) is 4.90 Å². The summed E-state index contributed by atoms with van der Waals surface area (Å²) in [6, 6.07) is 19.7. The molecule has 3 aromatic carbocycles. The highest BCUT2D eigenvalue weighted by molar-refractivity contribution is 5.98. The normalized spacial score (nSPS) is 10.9. The van der Waals surface area contributed by atoms with E-state index in [-0.39, 0.29) is 11.7 Å². The lowest BCUT2D eigenvalue weighted by atomic mass is 10.1. The van der Waals surface area contributed by atoms with Gasteiger partial charge in [-0.15, -0.1) is 0 Å². The molecule has 0 aliphatic heterocycles. The molecule has 0 atom stereocenters. The second kappa shape index (κ2) is 7.30. The van der Waals surface area contributed by atoms with Gasteiger partial charge in [-0.05, 0) is 40.6 Å². The molecule has 0 aromatic heterocycles. The molecule has 0 N–H and O–H groups in total. The van der Waals surface area contributed by atoms with E-state index in [2.05, 4.69) is 4.74 Å². The van der Waals surface area contributed by atoms with Crippen LogP contribution in [0.3, 0.4) is 0 Å². The van der Waals surface area contributed by atoms with Crippen LogP contribution in [0.5, 0.6) is 5.75 Å². The number of rotatable bonds is 5. The molecule has 0 saturated carbocycles. The fraction of sp³-hybridized carbons (Fsp3) is 0.150. The van der Waals surface area contributed by atoms with Gasteiger partial charge in [-0.25, -0.2) is 0 Å². The van der Waals surface area contributed by atoms with Gasteiger partial charge >= 0.3 is 6.61 Å². The van der Waals surface area contributed by atoms with Gasteiger partial charge in [-0.3, -0.25) is 4.79 Å². The maximum Gasteiger partial charge on any atom is 0.387 e. The Kier molecular flexibility index (Phi) is 4.93. The summed E-state index contributed by atoms with van der Waals surface area (Å²) in [6.45, 7) is -2.47. The van der Waals surface area contributed by atoms with Gasteiger partial charge in [0.25, 0.3) is 5.91 Å². The zero-order valence-electron chi connectivity index (χ0n) is 13.7. The van der Waals surface area contributed by atoms with Crippen LogP contribution in [0, 0.1) is 0 Å². The van der Waals surface area contributed by atoms with Crippen molar-refractivity contribution in [1.29, 1.82) is 0 Å². The van der Waals surface area contributed by atoms with E-state index in [1.54, 1.807) is 30.1 Å². The summed E-state index contributed by atoms with van der Waals surface area (Å²) < 4.78 is 28.6. The van der Waals surface area contributed by atoms with Crippen LogP contribution >= 0.6 is 0 Å². The highest BCUT2D eigenvalue weighted by Crippen LogP contribution is 2.19. The van der Waals surface area contributed by atoms with Crippen molar-refractivity contribution in [2.45, 2.75) is 13.2 Å². The molecule has 0 heterocycles. The molecule has 128 valence electrons. The lowest BCUT2D eigenvalue weighted by Gasteiger charge is -2.18. The van der Waals surface area contributed by atoms with Gasteiger partial charge in [0, 0.05) is 19.2 Å². The minimum absolute atomic E-state index is 0.0985. The van der Waals surface area contributed by atoms with Crippen LogP contribution in [0.1, 0.15) is 15.9 Å². The first-order chi connectivity index (χ1) is 12.0. The van der Waals surface area contributed by atoms with Gasteiger partial charge in [-0.1, -0.05) is 42.5 Å². The molecule has 3 nitrogen and oxygen atoms in total. The Balaban J connectivity index is 1.71. The molecule has 0 saturated heterocycles. The van der Waals surface area contributed by atoms with Crippen molar-refractivity contribution in [3.05, 3.63) is 77.9 Å². The van der Waals surface area contributed by atoms with Crippen molar-refractivity contribution in [2.75, 3.05) is 7.05 Å². The quantitative estimate of drug-likeness (QED) is 0.672. The number of amides is 1. The Morgan fingerprint density at radius 1 is 1.00 bits per heavy atom. The van der Waals surface area contributed by atoms with Crippen LogP contribution in [-0.4, -0.2) is 24.5 Å². The molecule has 0 radical (unpaired) electrons. The maximum absolute atomic E-state index is 12.6. The van der Waals surface area contributed by atoms with Crippen LogP contribution in [0.15, 0.2) is 66.7 Å². The van der Waals surface area contributed by atoms with E-state index in [1.807, 2.05) is 36.4 Å². The molecular formula is C20H17F2NO2. The van der Waals surface area contributed by atoms with E-state index < -0.39 is 6.61 Å². The SMILES string of the molecule is CN(Cc1ccc(OC(F)F)cc1)C(=O)c1ccc2ccccc2c1. The summed E-state index contributed by atoms with van der Waals surface area (Å²) in [7, 11) is 1.71. The van der Waals surface area contributed by atoms with Gasteiger partial charge in [0.2, 0.25) is 0 Å². The first kappa shape index (κ1) is 16.9. The number of ether oxygens (including phenoxy) is 1. The van der Waals surface area contributed by atoms with Crippen LogP contribution in [0.2, 0.25) is 0 Å². The average molecular weight is 341 g/mol. The topological polar surface area (TPSA) is 29.5 Å². The van der Waals surface area contributed by atoms with Gasteiger partial charge in [-0.2, -0.15) is 8.78 Å². The molecule has 0 aliphatic rings. The average Bonchev–Trinajstić information content (AvgIpc) is 2.62. The minimum atomic E-state index is -2.84. The first-order valence-electron chi connectivity index (χ1n) is 7.81. The Hall–Kier alpha value is -2.95. The van der Waals surface area contributed by atoms with Gasteiger partial charge in [0.05, 0.1) is 0 Å². The van der Waals surface area contributed by atoms with E-state index in [0.29, 0.717) is 12.1 Å². The number of hydrogen-bond acceptors (Lipinski definition) is 2. The largest absolute Gasteiger partial charge is 0.435 e. The summed E-state index contributed by atoms with van der Waals surface area (Å²) in [5.41, 5.74) is 1.44. The van der Waals surface area contributed by atoms with Crippen molar-refractivity contribution >= 4 is 16.7 Å². The molecule has 3 rings (SSSR count). The second-order valence-corrected chi connectivity index (χ2v) is 5.75. The van der Waals surface area contributed by atoms with E-state index in [4.69, 9.17) is 0 Å². The molecule has 0 aliphatic carbocycles. The summed E-state index contributed by atoms with van der Waals surface area (Å²) >= 11 is 0. The zero-order valence-corrected chi connectivity index (χ0v) is 13.7. The van der Waals surface area contributed by atoms with Crippen molar-refractivity contribution in [2.24, 2.45) is 0 Å². The minimum Gasteiger partial charge on any atom is -0.435 e. The predicted octanol–water partition coefficient (Wildman–Crippen LogP) is 4.71. The third-order valence-electron chi connectivity index (χ3n) is 3.91. The smallest absolute Gasteiger partial charge is 0.387 e. The summed E-state index contributed by atoms with van der Waals surface area (Å²) in [5.74, 6) is 0.000851. The fourth-order valence-corrected chi connectivity index (χ4v) is 2.66. The number of carbonyl (C=O) groups excluding carboxylic acids is 1. The third-order valence-corrected chi connectivity index (χ3v) is 3.91. The van der Waals surface area contributed by atoms with Gasteiger partial charge in [0.15, 0.2) is 0 Å². The number of nitrogens with zero attached hydrogens (tertiary/aromatic N) is 1.